The fourth-order valence-electron chi connectivity index (χ4n) is 2.04. The summed E-state index contributed by atoms with van der Waals surface area (Å²) < 4.78 is 2.08. The molecule has 0 bridgehead atoms. The van der Waals surface area contributed by atoms with E-state index in [9.17, 15) is 0 Å². The maximum atomic E-state index is 5.53. The zero-order chi connectivity index (χ0) is 11.1. The van der Waals surface area contributed by atoms with E-state index >= 15 is 0 Å². The van der Waals surface area contributed by atoms with E-state index < -0.39 is 0 Å². The number of hydrogen-bond donors (Lipinski definition) is 2. The van der Waals surface area contributed by atoms with Gasteiger partial charge in [-0.1, -0.05) is 6.07 Å². The van der Waals surface area contributed by atoms with E-state index in [1.165, 1.54) is 5.56 Å². The number of rotatable bonds is 2. The minimum atomic E-state index is 0.653. The summed E-state index contributed by atoms with van der Waals surface area (Å²) in [6.45, 7) is 2.73. The molecule has 4 heteroatoms. The first-order valence-electron chi connectivity index (χ1n) is 5.44. The highest BCUT2D eigenvalue weighted by molar-refractivity contribution is 5.80. The summed E-state index contributed by atoms with van der Waals surface area (Å²) in [5.41, 5.74) is 10.1. The summed E-state index contributed by atoms with van der Waals surface area (Å²) in [7, 11) is 0. The fourth-order valence-corrected chi connectivity index (χ4v) is 2.04. The van der Waals surface area contributed by atoms with Crippen molar-refractivity contribution >= 4 is 16.8 Å². The molecule has 3 aromatic rings. The molecule has 16 heavy (non-hydrogen) atoms. The van der Waals surface area contributed by atoms with Crippen LogP contribution in [-0.4, -0.2) is 20.9 Å². The minimum absolute atomic E-state index is 0.653. The van der Waals surface area contributed by atoms with Gasteiger partial charge in [-0.2, -0.15) is 0 Å². The number of aromatic nitrogens is 3. The van der Waals surface area contributed by atoms with Crippen molar-refractivity contribution in [3.05, 3.63) is 35.7 Å². The monoisotopic (exact) mass is 214 g/mol. The Morgan fingerprint density at radius 3 is 3.12 bits per heavy atom. The minimum Gasteiger partial charge on any atom is -0.330 e. The standard InChI is InChI=1S/C12H14N4/c1-8-2-3-11-10(6-8)15-12-14-9(4-5-13)7-16(11)12/h2-3,6-7H,4-5,13H2,1H3,(H,14,15). The van der Waals surface area contributed by atoms with Gasteiger partial charge < -0.3 is 10.7 Å². The van der Waals surface area contributed by atoms with Crippen LogP contribution in [0.25, 0.3) is 16.8 Å². The Morgan fingerprint density at radius 2 is 2.31 bits per heavy atom. The Morgan fingerprint density at radius 1 is 1.44 bits per heavy atom. The van der Waals surface area contributed by atoms with Crippen LogP contribution in [0.15, 0.2) is 24.4 Å². The van der Waals surface area contributed by atoms with E-state index in [2.05, 4.69) is 45.7 Å². The van der Waals surface area contributed by atoms with Crippen molar-refractivity contribution in [1.82, 2.24) is 14.4 Å². The highest BCUT2D eigenvalue weighted by atomic mass is 15.1. The highest BCUT2D eigenvalue weighted by Crippen LogP contribution is 2.18. The highest BCUT2D eigenvalue weighted by Gasteiger charge is 2.07. The molecule has 0 saturated carbocycles. The number of imidazole rings is 2. The van der Waals surface area contributed by atoms with Crippen LogP contribution in [0.3, 0.4) is 0 Å². The van der Waals surface area contributed by atoms with E-state index in [-0.39, 0.29) is 0 Å². The van der Waals surface area contributed by atoms with Crippen molar-refractivity contribution in [1.29, 1.82) is 0 Å². The van der Waals surface area contributed by atoms with E-state index in [0.29, 0.717) is 6.54 Å². The third-order valence-electron chi connectivity index (χ3n) is 2.82. The van der Waals surface area contributed by atoms with Crippen molar-refractivity contribution in [2.75, 3.05) is 6.54 Å². The third kappa shape index (κ3) is 1.31. The number of benzene rings is 1. The fraction of sp³-hybridized carbons (Fsp3) is 0.250. The summed E-state index contributed by atoms with van der Waals surface area (Å²) in [5, 5.41) is 0. The first kappa shape index (κ1) is 9.42. The Balaban J connectivity index is 2.26. The number of aryl methyl sites for hydroxylation is 1. The summed E-state index contributed by atoms with van der Waals surface area (Å²) >= 11 is 0. The topological polar surface area (TPSA) is 59.1 Å². The second kappa shape index (κ2) is 3.35. The number of hydrogen-bond acceptors (Lipinski definition) is 2. The number of nitrogens with one attached hydrogen (secondary N) is 1. The molecule has 0 amide bonds. The van der Waals surface area contributed by atoms with Gasteiger partial charge in [-0.25, -0.2) is 4.98 Å². The molecule has 2 heterocycles. The molecule has 1 aromatic carbocycles. The van der Waals surface area contributed by atoms with E-state index in [1.54, 1.807) is 0 Å². The average molecular weight is 214 g/mol. The van der Waals surface area contributed by atoms with Crippen molar-refractivity contribution in [3.63, 3.8) is 0 Å². The molecule has 3 rings (SSSR count). The third-order valence-corrected chi connectivity index (χ3v) is 2.82. The molecule has 0 saturated heterocycles. The van der Waals surface area contributed by atoms with E-state index in [0.717, 1.165) is 28.9 Å². The van der Waals surface area contributed by atoms with Gasteiger partial charge in [0.1, 0.15) is 0 Å². The van der Waals surface area contributed by atoms with Crippen molar-refractivity contribution in [2.24, 2.45) is 5.73 Å². The normalized spacial score (nSPS) is 11.6. The van der Waals surface area contributed by atoms with Crippen LogP contribution in [-0.2, 0) is 6.42 Å². The average Bonchev–Trinajstić information content (AvgIpc) is 2.74. The van der Waals surface area contributed by atoms with E-state index in [1.807, 2.05) is 0 Å². The first-order valence-corrected chi connectivity index (χ1v) is 5.44. The molecule has 4 nitrogen and oxygen atoms in total. The molecule has 82 valence electrons. The number of H-pyrrole nitrogens is 1. The zero-order valence-corrected chi connectivity index (χ0v) is 9.20. The molecule has 3 N–H and O–H groups in total. The number of aromatic amines is 1. The molecule has 0 fully saturated rings. The molecular weight excluding hydrogens is 200 g/mol. The Bertz CT molecular complexity index is 647. The van der Waals surface area contributed by atoms with Crippen molar-refractivity contribution in [3.8, 4) is 0 Å². The van der Waals surface area contributed by atoms with Crippen LogP contribution >= 0.6 is 0 Å². The quantitative estimate of drug-likeness (QED) is 0.681. The van der Waals surface area contributed by atoms with Crippen molar-refractivity contribution < 1.29 is 0 Å². The molecular formula is C12H14N4. The maximum Gasteiger partial charge on any atom is 0.212 e. The van der Waals surface area contributed by atoms with Crippen LogP contribution in [0.5, 0.6) is 0 Å². The second-order valence-electron chi connectivity index (χ2n) is 4.12. The predicted molar refractivity (Wildman–Crippen MR) is 64.5 cm³/mol. The Labute approximate surface area is 93.1 Å². The van der Waals surface area contributed by atoms with Gasteiger partial charge in [-0.3, -0.25) is 4.40 Å². The molecule has 0 atom stereocenters. The van der Waals surface area contributed by atoms with Gasteiger partial charge in [0.15, 0.2) is 0 Å². The first-order chi connectivity index (χ1) is 7.78. The summed E-state index contributed by atoms with van der Waals surface area (Å²) in [6.07, 6.45) is 2.93. The van der Waals surface area contributed by atoms with Crippen LogP contribution in [0.1, 0.15) is 11.3 Å². The summed E-state index contributed by atoms with van der Waals surface area (Å²) in [6, 6.07) is 6.30. The number of fused-ring (bicyclic) bond motifs is 3. The predicted octanol–water partition coefficient (Wildman–Crippen LogP) is 1.63. The van der Waals surface area contributed by atoms with Crippen LogP contribution in [0.4, 0.5) is 0 Å². The lowest BCUT2D eigenvalue weighted by Gasteiger charge is -1.93. The van der Waals surface area contributed by atoms with E-state index in [4.69, 9.17) is 5.73 Å². The van der Waals surface area contributed by atoms with Gasteiger partial charge >= 0.3 is 0 Å². The molecule has 0 radical (unpaired) electrons. The van der Waals surface area contributed by atoms with Crippen LogP contribution in [0, 0.1) is 6.92 Å². The molecule has 0 spiro atoms. The van der Waals surface area contributed by atoms with Crippen LogP contribution in [0.2, 0.25) is 0 Å². The second-order valence-corrected chi connectivity index (χ2v) is 4.12. The van der Waals surface area contributed by atoms with Crippen LogP contribution < -0.4 is 5.73 Å². The largest absolute Gasteiger partial charge is 0.330 e. The number of nitrogens with two attached hydrogens (primary N) is 1. The lowest BCUT2D eigenvalue weighted by atomic mass is 10.2. The van der Waals surface area contributed by atoms with Gasteiger partial charge in [0, 0.05) is 18.3 Å². The lowest BCUT2D eigenvalue weighted by molar-refractivity contribution is 0.936. The van der Waals surface area contributed by atoms with Gasteiger partial charge in [0.25, 0.3) is 0 Å². The summed E-state index contributed by atoms with van der Waals surface area (Å²) in [4.78, 5) is 7.82. The Hall–Kier alpha value is -1.81. The SMILES string of the molecule is Cc1ccc2c(c1)nc1[nH]c(CCN)cn12. The van der Waals surface area contributed by atoms with Gasteiger partial charge in [-0.05, 0) is 31.2 Å². The number of nitrogens with zero attached hydrogens (tertiary/aromatic N) is 2. The smallest absolute Gasteiger partial charge is 0.212 e. The van der Waals surface area contributed by atoms with Gasteiger partial charge in [-0.15, -0.1) is 0 Å². The van der Waals surface area contributed by atoms with Gasteiger partial charge in [0.2, 0.25) is 5.78 Å². The molecule has 2 aromatic heterocycles. The molecule has 0 aliphatic carbocycles. The molecule has 0 aliphatic rings. The Kier molecular flexibility index (Phi) is 1.97. The van der Waals surface area contributed by atoms with Gasteiger partial charge in [0.05, 0.1) is 11.0 Å². The molecule has 0 aliphatic heterocycles. The lowest BCUT2D eigenvalue weighted by Crippen LogP contribution is -2.02. The zero-order valence-electron chi connectivity index (χ0n) is 9.20. The van der Waals surface area contributed by atoms with Crippen molar-refractivity contribution in [2.45, 2.75) is 13.3 Å². The molecule has 0 unspecified atom stereocenters. The maximum absolute atomic E-state index is 5.53. The summed E-state index contributed by atoms with van der Waals surface area (Å²) in [5.74, 6) is 0.893.